The molecule has 7 heteroatoms. The van der Waals surface area contributed by atoms with Crippen LogP contribution in [0.3, 0.4) is 0 Å². The number of amides is 2. The Balaban J connectivity index is 2.00. The van der Waals surface area contributed by atoms with Crippen LogP contribution in [0.2, 0.25) is 0 Å². The normalized spacial score (nSPS) is 10.3. The zero-order valence-electron chi connectivity index (χ0n) is 14.0. The molecular weight excluding hydrogens is 306 g/mol. The lowest BCUT2D eigenvalue weighted by Crippen LogP contribution is -2.16. The van der Waals surface area contributed by atoms with Gasteiger partial charge in [0, 0.05) is 24.8 Å². The van der Waals surface area contributed by atoms with E-state index >= 15 is 0 Å². The minimum Gasteiger partial charge on any atom is -0.368 e. The van der Waals surface area contributed by atoms with Gasteiger partial charge in [0.05, 0.1) is 0 Å². The van der Waals surface area contributed by atoms with Gasteiger partial charge in [-0.25, -0.2) is 0 Å². The molecule has 0 fully saturated rings. The van der Waals surface area contributed by atoms with Crippen molar-refractivity contribution in [1.29, 1.82) is 0 Å². The number of carbonyl (C=O) groups excluding carboxylic acids is 2. The summed E-state index contributed by atoms with van der Waals surface area (Å²) in [5, 5.41) is 16.5. The molecular formula is C17H21N5O2. The van der Waals surface area contributed by atoms with Crippen LogP contribution < -0.4 is 16.0 Å². The summed E-state index contributed by atoms with van der Waals surface area (Å²) in [6.45, 7) is 6.40. The Morgan fingerprint density at radius 1 is 1.04 bits per heavy atom. The second kappa shape index (κ2) is 8.05. The van der Waals surface area contributed by atoms with Gasteiger partial charge >= 0.3 is 0 Å². The van der Waals surface area contributed by atoms with Crippen LogP contribution in [0.25, 0.3) is 0 Å². The quantitative estimate of drug-likeness (QED) is 0.758. The third-order valence-corrected chi connectivity index (χ3v) is 3.03. The molecule has 2 amide bonds. The molecule has 1 aromatic carbocycles. The van der Waals surface area contributed by atoms with Gasteiger partial charge in [-0.1, -0.05) is 19.9 Å². The van der Waals surface area contributed by atoms with Crippen molar-refractivity contribution in [3.63, 3.8) is 0 Å². The largest absolute Gasteiger partial charge is 0.368 e. The summed E-state index contributed by atoms with van der Waals surface area (Å²) in [4.78, 5) is 23.3. The highest BCUT2D eigenvalue weighted by atomic mass is 16.2. The molecule has 0 saturated heterocycles. The first-order chi connectivity index (χ1) is 11.4. The van der Waals surface area contributed by atoms with Crippen molar-refractivity contribution in [2.45, 2.75) is 20.8 Å². The maximum absolute atomic E-state index is 12.2. The third-order valence-electron chi connectivity index (χ3n) is 3.03. The number of nitrogens with zero attached hydrogens (tertiary/aromatic N) is 2. The second-order valence-electron chi connectivity index (χ2n) is 5.79. The van der Waals surface area contributed by atoms with Gasteiger partial charge in [0.25, 0.3) is 5.91 Å². The average Bonchev–Trinajstić information content (AvgIpc) is 2.53. The van der Waals surface area contributed by atoms with Crippen molar-refractivity contribution < 1.29 is 9.59 Å². The van der Waals surface area contributed by atoms with E-state index in [-0.39, 0.29) is 17.5 Å². The summed E-state index contributed by atoms with van der Waals surface area (Å²) in [5.74, 6) is 0.588. The molecule has 126 valence electrons. The van der Waals surface area contributed by atoms with E-state index in [0.29, 0.717) is 23.1 Å². The zero-order chi connectivity index (χ0) is 17.5. The lowest BCUT2D eigenvalue weighted by atomic mass is 10.2. The van der Waals surface area contributed by atoms with Gasteiger partial charge in [-0.05, 0) is 36.2 Å². The van der Waals surface area contributed by atoms with Crippen molar-refractivity contribution in [2.24, 2.45) is 5.92 Å². The Hall–Kier alpha value is -2.96. The summed E-state index contributed by atoms with van der Waals surface area (Å²) in [5.41, 5.74) is 1.39. The van der Waals surface area contributed by atoms with Crippen LogP contribution >= 0.6 is 0 Å². The van der Waals surface area contributed by atoms with E-state index in [0.717, 1.165) is 6.54 Å². The molecule has 7 nitrogen and oxygen atoms in total. The number of hydrogen-bond donors (Lipinski definition) is 3. The van der Waals surface area contributed by atoms with E-state index in [2.05, 4.69) is 40.0 Å². The fraction of sp³-hybridized carbons (Fsp3) is 0.294. The van der Waals surface area contributed by atoms with Crippen LogP contribution in [0.1, 0.15) is 31.3 Å². The molecule has 0 aliphatic rings. The number of carbonyl (C=O) groups is 2. The fourth-order valence-corrected chi connectivity index (χ4v) is 1.93. The first kappa shape index (κ1) is 17.4. The summed E-state index contributed by atoms with van der Waals surface area (Å²) < 4.78 is 0. The van der Waals surface area contributed by atoms with Crippen molar-refractivity contribution in [2.75, 3.05) is 22.5 Å². The molecule has 0 aliphatic heterocycles. The van der Waals surface area contributed by atoms with Crippen LogP contribution in [-0.4, -0.2) is 28.6 Å². The predicted octanol–water partition coefficient (Wildman–Crippen LogP) is 2.76. The minimum absolute atomic E-state index is 0.172. The Morgan fingerprint density at radius 2 is 1.75 bits per heavy atom. The van der Waals surface area contributed by atoms with Gasteiger partial charge in [0.1, 0.15) is 5.82 Å². The monoisotopic (exact) mass is 327 g/mol. The smallest absolute Gasteiger partial charge is 0.276 e. The summed E-state index contributed by atoms with van der Waals surface area (Å²) in [6.07, 6.45) is 0. The number of anilines is 3. The van der Waals surface area contributed by atoms with E-state index in [1.807, 2.05) is 0 Å². The highest BCUT2D eigenvalue weighted by Gasteiger charge is 2.09. The highest BCUT2D eigenvalue weighted by molar-refractivity contribution is 6.03. The van der Waals surface area contributed by atoms with Crippen molar-refractivity contribution >= 4 is 29.0 Å². The Morgan fingerprint density at radius 3 is 2.33 bits per heavy atom. The van der Waals surface area contributed by atoms with Crippen LogP contribution in [-0.2, 0) is 4.79 Å². The van der Waals surface area contributed by atoms with E-state index in [4.69, 9.17) is 0 Å². The first-order valence-corrected chi connectivity index (χ1v) is 7.70. The molecule has 0 radical (unpaired) electrons. The minimum atomic E-state index is -0.363. The molecule has 2 rings (SSSR count). The number of nitrogens with one attached hydrogen (secondary N) is 3. The van der Waals surface area contributed by atoms with Gasteiger partial charge in [0.15, 0.2) is 5.69 Å². The van der Waals surface area contributed by atoms with Crippen LogP contribution in [0.4, 0.5) is 17.2 Å². The predicted molar refractivity (Wildman–Crippen MR) is 94.1 cm³/mol. The fourth-order valence-electron chi connectivity index (χ4n) is 1.93. The van der Waals surface area contributed by atoms with Gasteiger partial charge in [-0.2, -0.15) is 0 Å². The topological polar surface area (TPSA) is 96.0 Å². The molecule has 0 spiro atoms. The summed E-state index contributed by atoms with van der Waals surface area (Å²) in [6, 6.07) is 10.2. The Labute approximate surface area is 140 Å². The van der Waals surface area contributed by atoms with Crippen LogP contribution in [0.15, 0.2) is 36.4 Å². The van der Waals surface area contributed by atoms with Gasteiger partial charge in [-0.15, -0.1) is 10.2 Å². The molecule has 1 heterocycles. The van der Waals surface area contributed by atoms with Gasteiger partial charge < -0.3 is 16.0 Å². The molecule has 0 atom stereocenters. The second-order valence-corrected chi connectivity index (χ2v) is 5.79. The Kier molecular flexibility index (Phi) is 5.83. The van der Waals surface area contributed by atoms with Crippen molar-refractivity contribution in [3.8, 4) is 0 Å². The molecule has 1 aromatic heterocycles. The highest BCUT2D eigenvalue weighted by Crippen LogP contribution is 2.16. The maximum atomic E-state index is 12.2. The zero-order valence-corrected chi connectivity index (χ0v) is 14.0. The van der Waals surface area contributed by atoms with Crippen LogP contribution in [0.5, 0.6) is 0 Å². The molecule has 0 saturated carbocycles. The Bertz CT molecular complexity index is 713. The molecule has 0 unspecified atom stereocenters. The molecule has 3 N–H and O–H groups in total. The van der Waals surface area contributed by atoms with Crippen molar-refractivity contribution in [3.05, 3.63) is 42.1 Å². The lowest BCUT2D eigenvalue weighted by molar-refractivity contribution is -0.114. The molecule has 0 bridgehead atoms. The van der Waals surface area contributed by atoms with Gasteiger partial charge in [0.2, 0.25) is 5.91 Å². The standard InChI is InChI=1S/C17H21N5O2/c1-11(2)10-18-16-8-7-15(21-22-16)17(24)20-14-6-4-5-13(9-14)19-12(3)23/h4-9,11H,10H2,1-3H3,(H,18,22)(H,19,23)(H,20,24). The van der Waals surface area contributed by atoms with E-state index in [1.54, 1.807) is 36.4 Å². The maximum Gasteiger partial charge on any atom is 0.276 e. The van der Waals surface area contributed by atoms with Crippen LogP contribution in [0, 0.1) is 5.92 Å². The van der Waals surface area contributed by atoms with Crippen molar-refractivity contribution in [1.82, 2.24) is 10.2 Å². The third kappa shape index (κ3) is 5.35. The number of hydrogen-bond acceptors (Lipinski definition) is 5. The number of rotatable bonds is 6. The van der Waals surface area contributed by atoms with E-state index < -0.39 is 0 Å². The lowest BCUT2D eigenvalue weighted by Gasteiger charge is -2.09. The van der Waals surface area contributed by atoms with E-state index in [9.17, 15) is 9.59 Å². The number of benzene rings is 1. The number of aromatic nitrogens is 2. The summed E-state index contributed by atoms with van der Waals surface area (Å²) >= 11 is 0. The average molecular weight is 327 g/mol. The molecule has 2 aromatic rings. The SMILES string of the molecule is CC(=O)Nc1cccc(NC(=O)c2ccc(NCC(C)C)nn2)c1. The summed E-state index contributed by atoms with van der Waals surface area (Å²) in [7, 11) is 0. The molecule has 24 heavy (non-hydrogen) atoms. The van der Waals surface area contributed by atoms with E-state index in [1.165, 1.54) is 6.92 Å². The van der Waals surface area contributed by atoms with Gasteiger partial charge in [-0.3, -0.25) is 9.59 Å². The first-order valence-electron chi connectivity index (χ1n) is 7.70. The molecule has 0 aliphatic carbocycles.